The van der Waals surface area contributed by atoms with Gasteiger partial charge in [0.05, 0.1) is 30.5 Å². The van der Waals surface area contributed by atoms with Crippen molar-refractivity contribution in [3.05, 3.63) is 48.6 Å². The summed E-state index contributed by atoms with van der Waals surface area (Å²) in [4.78, 5) is 10.4. The maximum atomic E-state index is 10.4. The van der Waals surface area contributed by atoms with E-state index in [0.29, 0.717) is 32.1 Å². The molecule has 6 nitrogen and oxygen atoms in total. The first-order chi connectivity index (χ1) is 13.4. The number of aliphatic hydroxyl groups excluding tert-OH is 3. The lowest BCUT2D eigenvalue weighted by atomic mass is 10.0. The number of allylic oxidation sites excluding steroid dienone is 4. The normalized spacial score (nSPS) is 25.5. The molecular formula is C22H34O6. The second kappa shape index (κ2) is 14.3. The van der Waals surface area contributed by atoms with Crippen LogP contribution in [-0.4, -0.2) is 56.9 Å². The van der Waals surface area contributed by atoms with Crippen molar-refractivity contribution in [1.82, 2.24) is 0 Å². The van der Waals surface area contributed by atoms with Gasteiger partial charge in [0.15, 0.2) is 0 Å². The lowest BCUT2D eigenvalue weighted by Crippen LogP contribution is -2.24. The van der Waals surface area contributed by atoms with Crippen LogP contribution in [0.15, 0.2) is 48.6 Å². The van der Waals surface area contributed by atoms with E-state index in [2.05, 4.69) is 0 Å². The van der Waals surface area contributed by atoms with E-state index < -0.39 is 30.4 Å². The summed E-state index contributed by atoms with van der Waals surface area (Å²) in [6, 6.07) is 0. The molecule has 0 aliphatic carbocycles. The molecule has 5 atom stereocenters. The lowest BCUT2D eigenvalue weighted by Gasteiger charge is -2.16. The highest BCUT2D eigenvalue weighted by molar-refractivity contribution is 5.66. The Morgan fingerprint density at radius 2 is 1.86 bits per heavy atom. The average Bonchev–Trinajstić information content (AvgIpc) is 3.02. The molecule has 0 bridgehead atoms. The number of carboxylic acids is 1. The van der Waals surface area contributed by atoms with Crippen LogP contribution in [0.5, 0.6) is 0 Å². The van der Waals surface area contributed by atoms with Crippen molar-refractivity contribution >= 4 is 5.97 Å². The van der Waals surface area contributed by atoms with E-state index in [1.54, 1.807) is 6.08 Å². The van der Waals surface area contributed by atoms with Crippen LogP contribution in [0.1, 0.15) is 51.9 Å². The largest absolute Gasteiger partial charge is 0.481 e. The number of hydrogen-bond donors (Lipinski definition) is 4. The van der Waals surface area contributed by atoms with Crippen molar-refractivity contribution < 1.29 is 30.0 Å². The van der Waals surface area contributed by atoms with E-state index in [0.717, 1.165) is 6.42 Å². The van der Waals surface area contributed by atoms with E-state index in [1.807, 2.05) is 43.4 Å². The number of aliphatic carboxylic acids is 1. The highest BCUT2D eigenvalue weighted by Crippen LogP contribution is 2.26. The summed E-state index contributed by atoms with van der Waals surface area (Å²) in [7, 11) is 0. The second-order valence-electron chi connectivity index (χ2n) is 6.92. The van der Waals surface area contributed by atoms with Gasteiger partial charge in [-0.1, -0.05) is 55.5 Å². The summed E-state index contributed by atoms with van der Waals surface area (Å²) < 4.78 is 5.76. The fraction of sp³-hybridized carbons (Fsp3) is 0.591. The molecule has 1 saturated heterocycles. The number of aliphatic hydroxyl groups is 3. The van der Waals surface area contributed by atoms with Crippen molar-refractivity contribution in [1.29, 1.82) is 0 Å². The minimum Gasteiger partial charge on any atom is -0.481 e. The van der Waals surface area contributed by atoms with Gasteiger partial charge >= 0.3 is 5.97 Å². The van der Waals surface area contributed by atoms with Crippen molar-refractivity contribution in [2.24, 2.45) is 0 Å². The van der Waals surface area contributed by atoms with Crippen LogP contribution in [0.4, 0.5) is 0 Å². The van der Waals surface area contributed by atoms with Crippen LogP contribution in [0.2, 0.25) is 0 Å². The Hall–Kier alpha value is -1.73. The Labute approximate surface area is 167 Å². The molecule has 4 N–H and O–H groups in total. The Balaban J connectivity index is 2.32. The number of carbonyl (C=O) groups is 1. The Bertz CT molecular complexity index is 551. The summed E-state index contributed by atoms with van der Waals surface area (Å²) >= 11 is 0. The molecule has 1 fully saturated rings. The van der Waals surface area contributed by atoms with Crippen molar-refractivity contribution in [3.63, 3.8) is 0 Å². The molecule has 1 heterocycles. The van der Waals surface area contributed by atoms with Crippen LogP contribution in [0.25, 0.3) is 0 Å². The summed E-state index contributed by atoms with van der Waals surface area (Å²) in [6.07, 6.45) is 15.2. The molecule has 6 heteroatoms. The molecule has 0 amide bonds. The summed E-state index contributed by atoms with van der Waals surface area (Å²) in [5.74, 6) is -0.804. The highest BCUT2D eigenvalue weighted by Gasteiger charge is 2.36. The number of ether oxygens (including phenoxy) is 1. The van der Waals surface area contributed by atoms with Crippen LogP contribution < -0.4 is 0 Å². The maximum absolute atomic E-state index is 10.4. The highest BCUT2D eigenvalue weighted by atomic mass is 16.5. The second-order valence-corrected chi connectivity index (χ2v) is 6.92. The van der Waals surface area contributed by atoms with Crippen LogP contribution in [-0.2, 0) is 9.53 Å². The van der Waals surface area contributed by atoms with Crippen molar-refractivity contribution in [3.8, 4) is 0 Å². The summed E-state index contributed by atoms with van der Waals surface area (Å²) in [5.41, 5.74) is 0. The van der Waals surface area contributed by atoms with Gasteiger partial charge in [-0.2, -0.15) is 0 Å². The lowest BCUT2D eigenvalue weighted by molar-refractivity contribution is -0.136. The molecule has 1 rings (SSSR count). The van der Waals surface area contributed by atoms with Gasteiger partial charge in [-0.05, 0) is 32.1 Å². The SMILES string of the molecule is CC/C=C\C[C@@H](O)/C=C/[C@H](O)[C@H]1C[C@@H](O)[C@@H](C/C=C\C/C=C\CCC(=O)O)O1. The van der Waals surface area contributed by atoms with Gasteiger partial charge in [0, 0.05) is 12.8 Å². The molecule has 0 spiro atoms. The first kappa shape index (κ1) is 24.3. The maximum Gasteiger partial charge on any atom is 0.303 e. The Morgan fingerprint density at radius 1 is 1.11 bits per heavy atom. The monoisotopic (exact) mass is 394 g/mol. The van der Waals surface area contributed by atoms with Crippen LogP contribution in [0.3, 0.4) is 0 Å². The predicted molar refractivity (Wildman–Crippen MR) is 109 cm³/mol. The third-order valence-electron chi connectivity index (χ3n) is 4.44. The molecule has 0 aromatic carbocycles. The summed E-state index contributed by atoms with van der Waals surface area (Å²) in [6.45, 7) is 2.02. The van der Waals surface area contributed by atoms with Gasteiger partial charge < -0.3 is 25.2 Å². The molecule has 1 aliphatic rings. The molecule has 28 heavy (non-hydrogen) atoms. The first-order valence-electron chi connectivity index (χ1n) is 9.98. The van der Waals surface area contributed by atoms with Gasteiger partial charge in [-0.3, -0.25) is 4.79 Å². The van der Waals surface area contributed by atoms with E-state index >= 15 is 0 Å². The zero-order chi connectivity index (χ0) is 20.8. The quantitative estimate of drug-likeness (QED) is 0.358. The van der Waals surface area contributed by atoms with E-state index in [-0.39, 0.29) is 12.5 Å². The molecule has 0 saturated carbocycles. The standard InChI is InChI=1S/C22H34O6/c1-2-3-8-11-17(23)14-15-18(24)21-16-19(25)20(28-21)12-9-6-4-5-7-10-13-22(26)27/h3,5-9,14-15,17-21,23-25H,2,4,10-13,16H2,1H3,(H,26,27)/b7-5-,8-3-,9-6-,15-14+/t17-,18+,19-,20-,21-/m1/s1. The zero-order valence-electron chi connectivity index (χ0n) is 16.6. The van der Waals surface area contributed by atoms with E-state index in [9.17, 15) is 20.1 Å². The minimum absolute atomic E-state index is 0.132. The fourth-order valence-electron chi connectivity index (χ4n) is 2.87. The smallest absolute Gasteiger partial charge is 0.303 e. The Kier molecular flexibility index (Phi) is 12.4. The van der Waals surface area contributed by atoms with Gasteiger partial charge in [0.25, 0.3) is 0 Å². The number of rotatable bonds is 13. The van der Waals surface area contributed by atoms with Gasteiger partial charge in [0.1, 0.15) is 0 Å². The molecular weight excluding hydrogens is 360 g/mol. The van der Waals surface area contributed by atoms with Gasteiger partial charge in [0.2, 0.25) is 0 Å². The third kappa shape index (κ3) is 10.6. The number of carboxylic acid groups (broad SMARTS) is 1. The first-order valence-corrected chi connectivity index (χ1v) is 9.98. The van der Waals surface area contributed by atoms with E-state index in [4.69, 9.17) is 9.84 Å². The predicted octanol–water partition coefficient (Wildman–Crippen LogP) is 2.90. The van der Waals surface area contributed by atoms with Gasteiger partial charge in [-0.15, -0.1) is 0 Å². The molecule has 1 aliphatic heterocycles. The zero-order valence-corrected chi connectivity index (χ0v) is 16.6. The molecule has 0 aromatic rings. The van der Waals surface area contributed by atoms with Crippen LogP contribution >= 0.6 is 0 Å². The van der Waals surface area contributed by atoms with Gasteiger partial charge in [-0.25, -0.2) is 0 Å². The molecule has 0 aromatic heterocycles. The fourth-order valence-corrected chi connectivity index (χ4v) is 2.87. The van der Waals surface area contributed by atoms with Crippen LogP contribution in [0, 0.1) is 0 Å². The topological polar surface area (TPSA) is 107 Å². The van der Waals surface area contributed by atoms with Crippen molar-refractivity contribution in [2.45, 2.75) is 82.4 Å². The molecule has 0 unspecified atom stereocenters. The van der Waals surface area contributed by atoms with Crippen molar-refractivity contribution in [2.75, 3.05) is 0 Å². The molecule has 0 radical (unpaired) electrons. The third-order valence-corrected chi connectivity index (χ3v) is 4.44. The molecule has 158 valence electrons. The Morgan fingerprint density at radius 3 is 2.57 bits per heavy atom. The minimum atomic E-state index is -0.870. The average molecular weight is 395 g/mol. The van der Waals surface area contributed by atoms with E-state index in [1.165, 1.54) is 6.08 Å². The number of hydrogen-bond acceptors (Lipinski definition) is 5. The summed E-state index contributed by atoms with van der Waals surface area (Å²) in [5, 5.41) is 38.7.